The van der Waals surface area contributed by atoms with Crippen molar-refractivity contribution in [2.45, 2.75) is 13.1 Å². The van der Waals surface area contributed by atoms with Gasteiger partial charge < -0.3 is 10.1 Å². The van der Waals surface area contributed by atoms with Gasteiger partial charge in [-0.3, -0.25) is 4.79 Å². The molecule has 1 aromatic heterocycles. The molecule has 1 heterocycles. The number of nitrogens with one attached hydrogen (secondary N) is 1. The Bertz CT molecular complexity index is 721. The first-order chi connectivity index (χ1) is 9.74. The number of esters is 1. The highest BCUT2D eigenvalue weighted by Crippen LogP contribution is 2.39. The van der Waals surface area contributed by atoms with Crippen molar-refractivity contribution in [2.75, 3.05) is 12.4 Å². The SMILES string of the molecule is COC(=O)c1sc2cc(C(F)(F)F)ccc2c1NC(C)=O. The molecule has 1 amide bonds. The number of alkyl halides is 3. The maximum Gasteiger partial charge on any atom is 0.416 e. The average molecular weight is 317 g/mol. The van der Waals surface area contributed by atoms with E-state index in [0.717, 1.165) is 30.6 Å². The summed E-state index contributed by atoms with van der Waals surface area (Å²) < 4.78 is 42.9. The van der Waals surface area contributed by atoms with Crippen molar-refractivity contribution >= 4 is 39.0 Å². The molecule has 0 aliphatic rings. The van der Waals surface area contributed by atoms with Crippen LogP contribution in [0, 0.1) is 0 Å². The summed E-state index contributed by atoms with van der Waals surface area (Å²) in [5.74, 6) is -1.15. The highest BCUT2D eigenvalue weighted by Gasteiger charge is 2.31. The first kappa shape index (κ1) is 15.3. The zero-order valence-electron chi connectivity index (χ0n) is 11.0. The van der Waals surface area contributed by atoms with Crippen LogP contribution in [0.2, 0.25) is 0 Å². The Morgan fingerprint density at radius 1 is 1.29 bits per heavy atom. The maximum atomic E-state index is 12.7. The third-order valence-electron chi connectivity index (χ3n) is 2.69. The van der Waals surface area contributed by atoms with E-state index in [1.807, 2.05) is 0 Å². The molecule has 8 heteroatoms. The highest BCUT2D eigenvalue weighted by molar-refractivity contribution is 7.21. The summed E-state index contributed by atoms with van der Waals surface area (Å²) in [7, 11) is 1.16. The van der Waals surface area contributed by atoms with E-state index in [0.29, 0.717) is 5.39 Å². The number of thiophene rings is 1. The molecule has 0 radical (unpaired) electrons. The van der Waals surface area contributed by atoms with Crippen LogP contribution in [0.3, 0.4) is 0 Å². The number of ether oxygens (including phenoxy) is 1. The second kappa shape index (κ2) is 5.36. The molecule has 0 fully saturated rings. The van der Waals surface area contributed by atoms with E-state index < -0.39 is 23.6 Å². The molecule has 0 unspecified atom stereocenters. The standard InChI is InChI=1S/C13H10F3NO3S/c1-6(18)17-10-8-4-3-7(13(14,15)16)5-9(8)21-11(10)12(19)20-2/h3-5H,1-2H3,(H,17,18). The Balaban J connectivity index is 2.67. The Morgan fingerprint density at radius 2 is 1.95 bits per heavy atom. The average Bonchev–Trinajstić information content (AvgIpc) is 2.74. The van der Waals surface area contributed by atoms with Gasteiger partial charge in [0.05, 0.1) is 18.4 Å². The summed E-state index contributed by atoms with van der Waals surface area (Å²) >= 11 is 0.840. The normalized spacial score (nSPS) is 11.5. The third-order valence-corrected chi connectivity index (χ3v) is 3.82. The molecular formula is C13H10F3NO3S. The van der Waals surface area contributed by atoms with Gasteiger partial charge in [0.1, 0.15) is 4.88 Å². The third kappa shape index (κ3) is 2.99. The number of amides is 1. The molecular weight excluding hydrogens is 307 g/mol. The minimum atomic E-state index is -4.47. The topological polar surface area (TPSA) is 55.4 Å². The zero-order valence-corrected chi connectivity index (χ0v) is 11.8. The molecule has 0 atom stereocenters. The predicted octanol–water partition coefficient (Wildman–Crippen LogP) is 3.67. The Kier molecular flexibility index (Phi) is 3.91. The fraction of sp³-hybridized carbons (Fsp3) is 0.231. The van der Waals surface area contributed by atoms with Crippen molar-refractivity contribution in [1.29, 1.82) is 0 Å². The first-order valence-electron chi connectivity index (χ1n) is 5.73. The van der Waals surface area contributed by atoms with E-state index in [4.69, 9.17) is 0 Å². The number of hydrogen-bond acceptors (Lipinski definition) is 4. The molecule has 0 aliphatic carbocycles. The lowest BCUT2D eigenvalue weighted by Crippen LogP contribution is -2.10. The number of carbonyl (C=O) groups excluding carboxylic acids is 2. The maximum absolute atomic E-state index is 12.7. The Morgan fingerprint density at radius 3 is 2.48 bits per heavy atom. The van der Waals surface area contributed by atoms with Crippen molar-refractivity contribution in [3.63, 3.8) is 0 Å². The molecule has 0 aliphatic heterocycles. The summed E-state index contributed by atoms with van der Waals surface area (Å²) in [6.45, 7) is 1.24. The van der Waals surface area contributed by atoms with Crippen LogP contribution in [0.1, 0.15) is 22.2 Å². The molecule has 21 heavy (non-hydrogen) atoms. The summed E-state index contributed by atoms with van der Waals surface area (Å²) in [5, 5.41) is 2.82. The minimum Gasteiger partial charge on any atom is -0.465 e. The van der Waals surface area contributed by atoms with Crippen LogP contribution in [-0.4, -0.2) is 19.0 Å². The fourth-order valence-electron chi connectivity index (χ4n) is 1.81. The van der Waals surface area contributed by atoms with Gasteiger partial charge in [-0.15, -0.1) is 11.3 Å². The molecule has 0 bridgehead atoms. The van der Waals surface area contributed by atoms with Crippen molar-refractivity contribution in [3.05, 3.63) is 28.6 Å². The number of fused-ring (bicyclic) bond motifs is 1. The molecule has 0 saturated heterocycles. The second-order valence-electron chi connectivity index (χ2n) is 4.19. The van der Waals surface area contributed by atoms with E-state index in [2.05, 4.69) is 10.1 Å². The van der Waals surface area contributed by atoms with Gasteiger partial charge in [0.15, 0.2) is 0 Å². The van der Waals surface area contributed by atoms with Crippen LogP contribution in [0.4, 0.5) is 18.9 Å². The molecule has 0 spiro atoms. The summed E-state index contributed by atoms with van der Waals surface area (Å²) in [6, 6.07) is 3.07. The van der Waals surface area contributed by atoms with Crippen molar-refractivity contribution in [3.8, 4) is 0 Å². The number of methoxy groups -OCH3 is 1. The zero-order chi connectivity index (χ0) is 15.8. The molecule has 1 N–H and O–H groups in total. The quantitative estimate of drug-likeness (QED) is 0.860. The summed E-state index contributed by atoms with van der Waals surface area (Å²) in [4.78, 5) is 22.9. The van der Waals surface area contributed by atoms with Crippen molar-refractivity contribution in [2.24, 2.45) is 0 Å². The van der Waals surface area contributed by atoms with Gasteiger partial charge in [-0.2, -0.15) is 13.2 Å². The Hall–Kier alpha value is -2.09. The number of anilines is 1. The van der Waals surface area contributed by atoms with Crippen LogP contribution < -0.4 is 5.32 Å². The molecule has 2 rings (SSSR count). The van der Waals surface area contributed by atoms with Crippen LogP contribution in [0.15, 0.2) is 18.2 Å². The number of rotatable bonds is 2. The number of benzene rings is 1. The van der Waals surface area contributed by atoms with Crippen LogP contribution in [0.25, 0.3) is 10.1 Å². The van der Waals surface area contributed by atoms with E-state index in [1.54, 1.807) is 0 Å². The van der Waals surface area contributed by atoms with E-state index in [1.165, 1.54) is 13.0 Å². The van der Waals surface area contributed by atoms with Crippen molar-refractivity contribution in [1.82, 2.24) is 0 Å². The van der Waals surface area contributed by atoms with Gasteiger partial charge in [0, 0.05) is 17.0 Å². The highest BCUT2D eigenvalue weighted by atomic mass is 32.1. The number of carbonyl (C=O) groups is 2. The smallest absolute Gasteiger partial charge is 0.416 e. The van der Waals surface area contributed by atoms with Crippen LogP contribution >= 0.6 is 11.3 Å². The van der Waals surface area contributed by atoms with Crippen LogP contribution in [0.5, 0.6) is 0 Å². The van der Waals surface area contributed by atoms with E-state index in [-0.39, 0.29) is 15.3 Å². The van der Waals surface area contributed by atoms with Crippen molar-refractivity contribution < 1.29 is 27.5 Å². The monoisotopic (exact) mass is 317 g/mol. The van der Waals surface area contributed by atoms with Gasteiger partial charge in [-0.05, 0) is 12.1 Å². The number of halogens is 3. The lowest BCUT2D eigenvalue weighted by Gasteiger charge is -2.06. The van der Waals surface area contributed by atoms with Gasteiger partial charge in [-0.1, -0.05) is 6.07 Å². The molecule has 1 aromatic carbocycles. The second-order valence-corrected chi connectivity index (χ2v) is 5.24. The van der Waals surface area contributed by atoms with Gasteiger partial charge in [0.2, 0.25) is 5.91 Å². The lowest BCUT2D eigenvalue weighted by molar-refractivity contribution is -0.137. The minimum absolute atomic E-state index is 0.0574. The van der Waals surface area contributed by atoms with Gasteiger partial charge >= 0.3 is 12.1 Å². The predicted molar refractivity (Wildman–Crippen MR) is 72.5 cm³/mol. The number of hydrogen-bond donors (Lipinski definition) is 1. The summed E-state index contributed by atoms with van der Waals surface area (Å²) in [6.07, 6.45) is -4.47. The first-order valence-corrected chi connectivity index (χ1v) is 6.55. The largest absolute Gasteiger partial charge is 0.465 e. The molecule has 0 saturated carbocycles. The lowest BCUT2D eigenvalue weighted by atomic mass is 10.1. The summed E-state index contributed by atoms with van der Waals surface area (Å²) in [5.41, 5.74) is -0.648. The molecule has 112 valence electrons. The van der Waals surface area contributed by atoms with Gasteiger partial charge in [0.25, 0.3) is 0 Å². The van der Waals surface area contributed by atoms with Gasteiger partial charge in [-0.25, -0.2) is 4.79 Å². The molecule has 2 aromatic rings. The van der Waals surface area contributed by atoms with E-state index >= 15 is 0 Å². The fourth-order valence-corrected chi connectivity index (χ4v) is 2.93. The molecule has 4 nitrogen and oxygen atoms in total. The van der Waals surface area contributed by atoms with E-state index in [9.17, 15) is 22.8 Å². The Labute approximate surface area is 121 Å². The van der Waals surface area contributed by atoms with Crippen LogP contribution in [-0.2, 0) is 15.7 Å².